The lowest BCUT2D eigenvalue weighted by atomic mass is 10.0. The van der Waals surface area contributed by atoms with Gasteiger partial charge in [-0.25, -0.2) is 0 Å². The molecule has 1 heterocycles. The Morgan fingerprint density at radius 1 is 0.875 bits per heavy atom. The molecule has 0 bridgehead atoms. The summed E-state index contributed by atoms with van der Waals surface area (Å²) in [6.07, 6.45) is 1.62. The van der Waals surface area contributed by atoms with Gasteiger partial charge in [0.05, 0.1) is 19.1 Å². The van der Waals surface area contributed by atoms with Crippen molar-refractivity contribution in [1.82, 2.24) is 10.2 Å². The van der Waals surface area contributed by atoms with Crippen LogP contribution in [0.2, 0.25) is 0 Å². The number of rotatable bonds is 15. The van der Waals surface area contributed by atoms with Crippen molar-refractivity contribution in [1.29, 1.82) is 0 Å². The van der Waals surface area contributed by atoms with Gasteiger partial charge in [-0.15, -0.1) is 0 Å². The maximum absolute atomic E-state index is 12.8. The number of nitrogens with one attached hydrogen (secondary N) is 2. The van der Waals surface area contributed by atoms with Crippen molar-refractivity contribution in [3.8, 4) is 17.2 Å². The number of anilines is 1. The summed E-state index contributed by atoms with van der Waals surface area (Å²) in [5.74, 6) is 2.08. The number of amides is 1. The minimum Gasteiger partial charge on any atom is -0.493 e. The fourth-order valence-electron chi connectivity index (χ4n) is 4.74. The number of nitrogens with zero attached hydrogens (tertiary/aromatic N) is 1. The molecule has 3 aromatic rings. The fraction of sp³-hybridized carbons (Fsp3) is 0.406. The maximum atomic E-state index is 12.8. The first-order valence-electron chi connectivity index (χ1n) is 14.0. The van der Waals surface area contributed by atoms with Crippen LogP contribution in [0.5, 0.6) is 17.2 Å². The molecule has 1 aliphatic heterocycles. The molecular formula is C32H41N3O5. The highest BCUT2D eigenvalue weighted by Crippen LogP contribution is 2.23. The van der Waals surface area contributed by atoms with Crippen LogP contribution in [-0.2, 0) is 4.79 Å². The van der Waals surface area contributed by atoms with Gasteiger partial charge in [0.15, 0.2) is 0 Å². The third-order valence-corrected chi connectivity index (χ3v) is 6.95. The molecule has 214 valence electrons. The smallest absolute Gasteiger partial charge is 0.223 e. The highest BCUT2D eigenvalue weighted by molar-refractivity contribution is 5.76. The van der Waals surface area contributed by atoms with E-state index in [0.717, 1.165) is 48.5 Å². The SMILES string of the molecule is CNc1ccc(OCCC(=O)NC(CN2CCCC2)[C@H](O)c2ccc(OCCOc3cccc(C)c3)cc2)cc1. The second-order valence-corrected chi connectivity index (χ2v) is 10.1. The van der Waals surface area contributed by atoms with Crippen LogP contribution >= 0.6 is 0 Å². The molecule has 0 spiro atoms. The van der Waals surface area contributed by atoms with E-state index in [-0.39, 0.29) is 18.9 Å². The predicted molar refractivity (Wildman–Crippen MR) is 157 cm³/mol. The number of hydrogen-bond acceptors (Lipinski definition) is 7. The molecule has 0 aromatic heterocycles. The van der Waals surface area contributed by atoms with E-state index in [1.807, 2.05) is 86.8 Å². The topological polar surface area (TPSA) is 92.3 Å². The highest BCUT2D eigenvalue weighted by atomic mass is 16.5. The average molecular weight is 548 g/mol. The molecule has 4 rings (SSSR count). The first-order valence-corrected chi connectivity index (χ1v) is 14.0. The third-order valence-electron chi connectivity index (χ3n) is 6.95. The second-order valence-electron chi connectivity index (χ2n) is 10.1. The van der Waals surface area contributed by atoms with Crippen molar-refractivity contribution in [3.63, 3.8) is 0 Å². The van der Waals surface area contributed by atoms with Crippen molar-refractivity contribution in [2.75, 3.05) is 51.8 Å². The molecule has 1 amide bonds. The Bertz CT molecular complexity index is 1180. The van der Waals surface area contributed by atoms with Crippen molar-refractivity contribution >= 4 is 11.6 Å². The molecule has 0 aliphatic carbocycles. The summed E-state index contributed by atoms with van der Waals surface area (Å²) < 4.78 is 17.3. The minimum absolute atomic E-state index is 0.149. The van der Waals surface area contributed by atoms with Crippen molar-refractivity contribution in [2.45, 2.75) is 38.3 Å². The molecule has 2 atom stereocenters. The van der Waals surface area contributed by atoms with E-state index >= 15 is 0 Å². The number of hydrogen-bond donors (Lipinski definition) is 3. The molecule has 8 nitrogen and oxygen atoms in total. The molecule has 3 N–H and O–H groups in total. The predicted octanol–water partition coefficient (Wildman–Crippen LogP) is 4.58. The second kappa shape index (κ2) is 15.1. The van der Waals surface area contributed by atoms with Gasteiger partial charge in [-0.05, 0) is 92.5 Å². The van der Waals surface area contributed by atoms with Crippen LogP contribution in [0.3, 0.4) is 0 Å². The standard InChI is InChI=1S/C32H41N3O5/c1-24-6-5-7-29(22-24)40-21-20-39-27-12-8-25(9-13-27)32(37)30(23-35-17-3-4-18-35)34-31(36)16-19-38-28-14-10-26(33-2)11-15-28/h5-15,22,30,32-33,37H,3-4,16-21,23H2,1-2H3,(H,34,36)/t30?,32-/m1/s1. The van der Waals surface area contributed by atoms with E-state index in [2.05, 4.69) is 15.5 Å². The van der Waals surface area contributed by atoms with Crippen LogP contribution in [0.4, 0.5) is 5.69 Å². The van der Waals surface area contributed by atoms with Gasteiger partial charge in [0.2, 0.25) is 5.91 Å². The summed E-state index contributed by atoms with van der Waals surface area (Å²) in [6.45, 7) is 5.67. The Hall–Kier alpha value is -3.75. The van der Waals surface area contributed by atoms with Crippen LogP contribution in [0.15, 0.2) is 72.8 Å². The Balaban J connectivity index is 1.27. The van der Waals surface area contributed by atoms with E-state index in [9.17, 15) is 9.90 Å². The summed E-state index contributed by atoms with van der Waals surface area (Å²) in [6, 6.07) is 22.4. The summed E-state index contributed by atoms with van der Waals surface area (Å²) in [7, 11) is 1.86. The molecule has 1 saturated heterocycles. The number of benzene rings is 3. The Labute approximate surface area is 237 Å². The van der Waals surface area contributed by atoms with Crippen LogP contribution in [0, 0.1) is 6.92 Å². The van der Waals surface area contributed by atoms with Gasteiger partial charge in [-0.2, -0.15) is 0 Å². The number of aliphatic hydroxyl groups excluding tert-OH is 1. The van der Waals surface area contributed by atoms with E-state index < -0.39 is 12.1 Å². The van der Waals surface area contributed by atoms with E-state index in [1.54, 1.807) is 0 Å². The zero-order valence-corrected chi connectivity index (χ0v) is 23.5. The van der Waals surface area contributed by atoms with Gasteiger partial charge in [0, 0.05) is 19.3 Å². The summed E-state index contributed by atoms with van der Waals surface area (Å²) in [4.78, 5) is 15.1. The number of carbonyl (C=O) groups is 1. The third kappa shape index (κ3) is 9.17. The largest absolute Gasteiger partial charge is 0.493 e. The molecule has 40 heavy (non-hydrogen) atoms. The van der Waals surface area contributed by atoms with E-state index in [1.165, 1.54) is 0 Å². The molecular weight excluding hydrogens is 506 g/mol. The van der Waals surface area contributed by atoms with Crippen LogP contribution < -0.4 is 24.8 Å². The zero-order chi connectivity index (χ0) is 28.2. The quantitative estimate of drug-likeness (QED) is 0.240. The molecule has 0 radical (unpaired) electrons. The summed E-state index contributed by atoms with van der Waals surface area (Å²) >= 11 is 0. The normalized spacial score (nSPS) is 14.8. The Morgan fingerprint density at radius 2 is 1.50 bits per heavy atom. The van der Waals surface area contributed by atoms with E-state index in [0.29, 0.717) is 31.3 Å². The first kappa shape index (κ1) is 29.2. The van der Waals surface area contributed by atoms with Crippen LogP contribution in [0.25, 0.3) is 0 Å². The summed E-state index contributed by atoms with van der Waals surface area (Å²) in [5.41, 5.74) is 2.88. The van der Waals surface area contributed by atoms with Crippen molar-refractivity contribution < 1.29 is 24.1 Å². The number of aryl methyl sites for hydroxylation is 1. The zero-order valence-electron chi connectivity index (χ0n) is 23.5. The Kier molecular flexibility index (Phi) is 11.1. The number of likely N-dealkylation sites (tertiary alicyclic amines) is 1. The average Bonchev–Trinajstić information content (AvgIpc) is 3.49. The van der Waals surface area contributed by atoms with Gasteiger partial charge in [0.1, 0.15) is 36.6 Å². The van der Waals surface area contributed by atoms with Crippen molar-refractivity contribution in [3.05, 3.63) is 83.9 Å². The van der Waals surface area contributed by atoms with Crippen molar-refractivity contribution in [2.24, 2.45) is 0 Å². The lowest BCUT2D eigenvalue weighted by molar-refractivity contribution is -0.123. The molecule has 8 heteroatoms. The maximum Gasteiger partial charge on any atom is 0.223 e. The number of ether oxygens (including phenoxy) is 3. The van der Waals surface area contributed by atoms with Gasteiger partial charge < -0.3 is 34.9 Å². The molecule has 1 unspecified atom stereocenters. The van der Waals surface area contributed by atoms with E-state index in [4.69, 9.17) is 14.2 Å². The lowest BCUT2D eigenvalue weighted by Crippen LogP contribution is -2.47. The Morgan fingerprint density at radius 3 is 2.15 bits per heavy atom. The number of carbonyl (C=O) groups excluding carboxylic acids is 1. The highest BCUT2D eigenvalue weighted by Gasteiger charge is 2.26. The fourth-order valence-corrected chi connectivity index (χ4v) is 4.74. The van der Waals surface area contributed by atoms with Gasteiger partial charge in [0.25, 0.3) is 0 Å². The molecule has 0 saturated carbocycles. The summed E-state index contributed by atoms with van der Waals surface area (Å²) in [5, 5.41) is 17.4. The van der Waals surface area contributed by atoms with Gasteiger partial charge >= 0.3 is 0 Å². The molecule has 1 fully saturated rings. The molecule has 3 aromatic carbocycles. The first-order chi connectivity index (χ1) is 19.5. The van der Waals surface area contributed by atoms with Gasteiger partial charge in [-0.1, -0.05) is 24.3 Å². The van der Waals surface area contributed by atoms with Gasteiger partial charge in [-0.3, -0.25) is 4.79 Å². The lowest BCUT2D eigenvalue weighted by Gasteiger charge is -2.29. The minimum atomic E-state index is -0.849. The van der Waals surface area contributed by atoms with Crippen LogP contribution in [0.1, 0.15) is 36.5 Å². The monoisotopic (exact) mass is 547 g/mol. The number of aliphatic hydroxyl groups is 1. The molecule has 1 aliphatic rings. The van der Waals surface area contributed by atoms with Crippen LogP contribution in [-0.4, -0.2) is 68.5 Å².